The van der Waals surface area contributed by atoms with Crippen LogP contribution in [0.1, 0.15) is 75.6 Å². The number of aromatic hydroxyl groups is 1. The molecule has 2 atom stereocenters. The minimum atomic E-state index is -4.35. The third kappa shape index (κ3) is 5.35. The molecule has 1 saturated heterocycles. The van der Waals surface area contributed by atoms with Crippen LogP contribution in [0.15, 0.2) is 41.6 Å². The molecule has 234 valence electrons. The van der Waals surface area contributed by atoms with Crippen LogP contribution in [0, 0.1) is 17.3 Å². The highest BCUT2D eigenvalue weighted by molar-refractivity contribution is 7.90. The number of carbonyl (C=O) groups is 1. The first-order valence-corrected chi connectivity index (χ1v) is 17.0. The lowest BCUT2D eigenvalue weighted by molar-refractivity contribution is 0.0981. The van der Waals surface area contributed by atoms with Crippen LogP contribution < -0.4 is 19.7 Å². The van der Waals surface area contributed by atoms with E-state index >= 15 is 0 Å². The van der Waals surface area contributed by atoms with Crippen molar-refractivity contribution >= 4 is 27.6 Å². The Kier molecular flexibility index (Phi) is 6.98. The fourth-order valence-corrected chi connectivity index (χ4v) is 8.20. The molecule has 2 aliphatic heterocycles. The number of pyridine rings is 2. The number of hydrogen-bond acceptors (Lipinski definition) is 10. The largest absolute Gasteiger partial charge is 0.504 e. The number of hydrogen-bond donors (Lipinski definition) is 3. The minimum Gasteiger partial charge on any atom is -0.504 e. The van der Waals surface area contributed by atoms with Gasteiger partial charge in [-0.25, -0.2) is 19.4 Å². The van der Waals surface area contributed by atoms with Crippen molar-refractivity contribution in [1.82, 2.24) is 24.5 Å². The highest BCUT2D eigenvalue weighted by Gasteiger charge is 2.54. The van der Waals surface area contributed by atoms with Crippen molar-refractivity contribution in [2.75, 3.05) is 29.9 Å². The van der Waals surface area contributed by atoms with E-state index in [0.29, 0.717) is 48.5 Å². The van der Waals surface area contributed by atoms with E-state index in [9.17, 15) is 18.3 Å². The molecule has 3 fully saturated rings. The monoisotopic (exact) mass is 621 g/mol. The number of amides is 1. The second-order valence-electron chi connectivity index (χ2n) is 13.4. The predicted molar refractivity (Wildman–Crippen MR) is 164 cm³/mol. The quantitative estimate of drug-likeness (QED) is 0.377. The Labute approximate surface area is 257 Å². The smallest absolute Gasteiger partial charge is 0.281 e. The van der Waals surface area contributed by atoms with Gasteiger partial charge >= 0.3 is 0 Å². The van der Waals surface area contributed by atoms with Crippen LogP contribution in [-0.2, 0) is 10.0 Å². The van der Waals surface area contributed by atoms with Crippen molar-refractivity contribution in [3.8, 4) is 17.4 Å². The summed E-state index contributed by atoms with van der Waals surface area (Å²) in [4.78, 5) is 24.7. The van der Waals surface area contributed by atoms with Crippen molar-refractivity contribution in [2.24, 2.45) is 17.3 Å². The molecule has 44 heavy (non-hydrogen) atoms. The molecule has 0 radical (unpaired) electrons. The zero-order chi connectivity index (χ0) is 30.7. The summed E-state index contributed by atoms with van der Waals surface area (Å²) >= 11 is 0. The van der Waals surface area contributed by atoms with Gasteiger partial charge in [0, 0.05) is 30.9 Å². The number of rotatable bonds is 5. The average molecular weight is 622 g/mol. The lowest BCUT2D eigenvalue weighted by atomic mass is 9.69. The van der Waals surface area contributed by atoms with Crippen molar-refractivity contribution in [2.45, 2.75) is 75.8 Å². The molecular weight excluding hydrogens is 582 g/mol. The van der Waals surface area contributed by atoms with Gasteiger partial charge in [0.25, 0.3) is 15.9 Å². The summed E-state index contributed by atoms with van der Waals surface area (Å²) in [6.07, 6.45) is 10.8. The number of nitrogens with one attached hydrogen (secondary N) is 2. The molecule has 1 spiro atoms. The summed E-state index contributed by atoms with van der Waals surface area (Å²) < 4.78 is 36.3. The molecule has 13 heteroatoms. The maximum Gasteiger partial charge on any atom is 0.281 e. The van der Waals surface area contributed by atoms with E-state index in [1.165, 1.54) is 37.8 Å². The second kappa shape index (κ2) is 10.6. The van der Waals surface area contributed by atoms with Gasteiger partial charge in [0.2, 0.25) is 5.88 Å². The Hall–Kier alpha value is -3.87. The first-order valence-electron chi connectivity index (χ1n) is 15.5. The molecule has 2 aliphatic carbocycles. The molecular formula is C31H39N7O5S. The molecule has 0 aromatic carbocycles. The Morgan fingerprint density at radius 2 is 1.93 bits per heavy atom. The van der Waals surface area contributed by atoms with Gasteiger partial charge in [0.15, 0.2) is 22.4 Å². The molecule has 4 bridgehead atoms. The van der Waals surface area contributed by atoms with Gasteiger partial charge in [-0.1, -0.05) is 0 Å². The number of fused-ring (bicyclic) bond motifs is 6. The summed E-state index contributed by atoms with van der Waals surface area (Å²) in [7, 11) is -4.35. The van der Waals surface area contributed by atoms with Crippen LogP contribution in [0.25, 0.3) is 5.82 Å². The molecule has 3 aromatic heterocycles. The van der Waals surface area contributed by atoms with Crippen molar-refractivity contribution in [3.05, 3.63) is 42.1 Å². The maximum atomic E-state index is 13.6. The number of ether oxygens (including phenoxy) is 1. The average Bonchev–Trinajstić information content (AvgIpc) is 3.59. The maximum absolute atomic E-state index is 13.6. The van der Waals surface area contributed by atoms with Gasteiger partial charge in [-0.05, 0) is 107 Å². The Bertz CT molecular complexity index is 1700. The van der Waals surface area contributed by atoms with Crippen LogP contribution in [-0.4, -0.2) is 64.4 Å². The molecule has 12 nitrogen and oxygen atoms in total. The van der Waals surface area contributed by atoms with Crippen LogP contribution in [0.5, 0.6) is 11.6 Å². The molecule has 2 saturated carbocycles. The van der Waals surface area contributed by atoms with E-state index in [1.807, 2.05) is 6.07 Å². The van der Waals surface area contributed by atoms with Crippen molar-refractivity contribution < 1.29 is 23.1 Å². The zero-order valence-corrected chi connectivity index (χ0v) is 25.9. The van der Waals surface area contributed by atoms with Crippen LogP contribution in [0.2, 0.25) is 0 Å². The molecule has 3 aromatic rings. The first kappa shape index (κ1) is 28.9. The lowest BCUT2D eigenvalue weighted by Crippen LogP contribution is -2.41. The summed E-state index contributed by atoms with van der Waals surface area (Å²) in [5.41, 5.74) is 0.420. The number of nitrogens with zero attached hydrogens (tertiary/aromatic N) is 5. The van der Waals surface area contributed by atoms with E-state index in [4.69, 9.17) is 9.72 Å². The number of anilines is 2. The van der Waals surface area contributed by atoms with E-state index in [-0.39, 0.29) is 27.7 Å². The summed E-state index contributed by atoms with van der Waals surface area (Å²) in [6.45, 7) is 6.02. The van der Waals surface area contributed by atoms with E-state index < -0.39 is 15.9 Å². The highest BCUT2D eigenvalue weighted by atomic mass is 32.2. The van der Waals surface area contributed by atoms with Gasteiger partial charge in [-0.2, -0.15) is 8.42 Å². The van der Waals surface area contributed by atoms with Gasteiger partial charge in [-0.15, -0.1) is 5.10 Å². The topological polar surface area (TPSA) is 152 Å². The third-order valence-electron chi connectivity index (χ3n) is 10.0. The molecule has 4 aliphatic rings. The molecule has 5 heterocycles. The fourth-order valence-electron chi connectivity index (χ4n) is 7.29. The Morgan fingerprint density at radius 3 is 2.70 bits per heavy atom. The standard InChI is InChI=1S/C31H39N7O5S/c1-30(2)18-20-4-3-15-32-27-23(39)6-8-26(34-27)44(41,42)36-29(40)22-5-7-24(33-28(22)37(30)19-20)38-16-10-25(35-38)43-17-11-21-9-12-31(21)13-14-31/h5-8,10,16,20-21,39H,3-4,9,11-15,17-19H2,1-2H3,(H,32,34)(H,36,40)/t20-,21?/m0/s1. The van der Waals surface area contributed by atoms with E-state index in [2.05, 4.69) is 38.9 Å². The van der Waals surface area contributed by atoms with Gasteiger partial charge in [0.05, 0.1) is 12.2 Å². The molecule has 1 unspecified atom stereocenters. The fraction of sp³-hybridized carbons (Fsp3) is 0.548. The SMILES string of the molecule is CC1(C)C[C@@H]2CCCNc3nc(ccc3O)S(=O)(=O)NC(=O)c3ccc(-n4ccc(OCCC5CCC56CC6)n4)nc3N1C2. The predicted octanol–water partition coefficient (Wildman–Crippen LogP) is 4.26. The first-order chi connectivity index (χ1) is 21.0. The number of carbonyl (C=O) groups excluding carboxylic acids is 1. The molecule has 7 rings (SSSR count). The van der Waals surface area contributed by atoms with Crippen LogP contribution in [0.3, 0.4) is 0 Å². The van der Waals surface area contributed by atoms with E-state index in [0.717, 1.165) is 31.6 Å². The summed E-state index contributed by atoms with van der Waals surface area (Å²) in [5, 5.41) is 17.5. The summed E-state index contributed by atoms with van der Waals surface area (Å²) in [5.74, 6) is 1.60. The van der Waals surface area contributed by atoms with E-state index in [1.54, 1.807) is 23.0 Å². The number of sulfonamides is 1. The van der Waals surface area contributed by atoms with Crippen LogP contribution in [0.4, 0.5) is 11.6 Å². The minimum absolute atomic E-state index is 0.0627. The second-order valence-corrected chi connectivity index (χ2v) is 15.0. The third-order valence-corrected chi connectivity index (χ3v) is 11.2. The van der Waals surface area contributed by atoms with Gasteiger partial charge < -0.3 is 20.1 Å². The number of aromatic nitrogens is 4. The normalized spacial score (nSPS) is 24.7. The van der Waals surface area contributed by atoms with Gasteiger partial charge in [-0.3, -0.25) is 4.79 Å². The molecule has 1 amide bonds. The Morgan fingerprint density at radius 1 is 1.09 bits per heavy atom. The van der Waals surface area contributed by atoms with Crippen molar-refractivity contribution in [3.63, 3.8) is 0 Å². The van der Waals surface area contributed by atoms with Crippen molar-refractivity contribution in [1.29, 1.82) is 0 Å². The van der Waals surface area contributed by atoms with Gasteiger partial charge in [0.1, 0.15) is 5.82 Å². The highest BCUT2D eigenvalue weighted by Crippen LogP contribution is 2.65. The molecule has 3 N–H and O–H groups in total. The lowest BCUT2D eigenvalue weighted by Gasteiger charge is -2.37. The Balaban J connectivity index is 1.18. The zero-order valence-electron chi connectivity index (χ0n) is 25.1. The van der Waals surface area contributed by atoms with Crippen LogP contribution >= 0.6 is 0 Å². The summed E-state index contributed by atoms with van der Waals surface area (Å²) in [6, 6.07) is 7.48.